The van der Waals surface area contributed by atoms with Gasteiger partial charge in [0.2, 0.25) is 0 Å². The maximum atomic E-state index is 12.6. The van der Waals surface area contributed by atoms with Crippen LogP contribution in [-0.2, 0) is 24.3 Å². The third-order valence-electron chi connectivity index (χ3n) is 7.58. The number of nitrogens with zero attached hydrogens (tertiary/aromatic N) is 3. The van der Waals surface area contributed by atoms with Crippen molar-refractivity contribution in [2.75, 3.05) is 25.1 Å². The van der Waals surface area contributed by atoms with Gasteiger partial charge in [-0.3, -0.25) is 4.79 Å². The van der Waals surface area contributed by atoms with Gasteiger partial charge in [0.1, 0.15) is 41.2 Å². The van der Waals surface area contributed by atoms with Crippen LogP contribution in [-0.4, -0.2) is 48.2 Å². The monoisotopic (exact) mass is 576 g/mol. The molecule has 9 heteroatoms. The van der Waals surface area contributed by atoms with E-state index in [2.05, 4.69) is 61.5 Å². The largest absolute Gasteiger partial charge is 0.493 e. The van der Waals surface area contributed by atoms with Gasteiger partial charge >= 0.3 is 0 Å². The number of hydrogen-bond donors (Lipinski definition) is 1. The summed E-state index contributed by atoms with van der Waals surface area (Å²) in [6, 6.07) is 8.76. The van der Waals surface area contributed by atoms with Crippen molar-refractivity contribution in [3.8, 4) is 17.2 Å². The zero-order valence-corrected chi connectivity index (χ0v) is 26.4. The first-order valence-corrected chi connectivity index (χ1v) is 18.5. The second kappa shape index (κ2) is 12.0. The Bertz CT molecular complexity index is 1390. The molecule has 0 fully saturated rings. The first-order valence-electron chi connectivity index (χ1n) is 14.8. The van der Waals surface area contributed by atoms with Crippen molar-refractivity contribution in [2.24, 2.45) is 5.41 Å². The van der Waals surface area contributed by atoms with Gasteiger partial charge < -0.3 is 24.1 Å². The average Bonchev–Trinajstić information content (AvgIpc) is 3.32. The lowest BCUT2D eigenvalue weighted by Gasteiger charge is -2.26. The molecule has 0 aliphatic carbocycles. The molecule has 4 heterocycles. The first-order chi connectivity index (χ1) is 19.4. The number of aromatic nitrogens is 3. The van der Waals surface area contributed by atoms with Crippen LogP contribution in [0.25, 0.3) is 0 Å². The van der Waals surface area contributed by atoms with Gasteiger partial charge in [0.25, 0.3) is 0 Å². The second-order valence-electron chi connectivity index (χ2n) is 13.7. The summed E-state index contributed by atoms with van der Waals surface area (Å²) in [5.74, 6) is 3.80. The fourth-order valence-electron chi connectivity index (χ4n) is 5.16. The fourth-order valence-corrected chi connectivity index (χ4v) is 5.92. The van der Waals surface area contributed by atoms with Gasteiger partial charge in [-0.2, -0.15) is 0 Å². The number of ether oxygens (including phenoxy) is 3. The third kappa shape index (κ3) is 7.57. The van der Waals surface area contributed by atoms with Crippen molar-refractivity contribution in [3.05, 3.63) is 59.3 Å². The summed E-state index contributed by atoms with van der Waals surface area (Å²) in [4.78, 5) is 22.0. The van der Waals surface area contributed by atoms with Gasteiger partial charge in [0.15, 0.2) is 5.78 Å². The van der Waals surface area contributed by atoms with Crippen molar-refractivity contribution in [2.45, 2.75) is 84.8 Å². The molecule has 5 rings (SSSR count). The van der Waals surface area contributed by atoms with Crippen molar-refractivity contribution < 1.29 is 19.0 Å². The summed E-state index contributed by atoms with van der Waals surface area (Å²) in [5.41, 5.74) is 2.93. The number of nitrogens with one attached hydrogen (secondary N) is 1. The van der Waals surface area contributed by atoms with Gasteiger partial charge in [-0.25, -0.2) is 9.97 Å². The molecule has 3 aromatic rings. The minimum absolute atomic E-state index is 0.0457. The highest BCUT2D eigenvalue weighted by Gasteiger charge is 2.28. The predicted octanol–water partition coefficient (Wildman–Crippen LogP) is 7.08. The van der Waals surface area contributed by atoms with Gasteiger partial charge in [-0.1, -0.05) is 40.4 Å². The molecule has 0 saturated heterocycles. The minimum Gasteiger partial charge on any atom is -0.493 e. The van der Waals surface area contributed by atoms with Gasteiger partial charge in [-0.15, -0.1) is 0 Å². The molecule has 2 aliphatic heterocycles. The Kier molecular flexibility index (Phi) is 8.57. The summed E-state index contributed by atoms with van der Waals surface area (Å²) >= 11 is 0. The molecule has 0 saturated carbocycles. The van der Waals surface area contributed by atoms with E-state index in [0.29, 0.717) is 49.2 Å². The van der Waals surface area contributed by atoms with E-state index in [-0.39, 0.29) is 17.1 Å². The molecule has 0 spiro atoms. The molecular formula is C32H44N4O4Si. The number of aryl methyl sites for hydroxylation is 1. The van der Waals surface area contributed by atoms with E-state index < -0.39 is 8.07 Å². The van der Waals surface area contributed by atoms with E-state index in [1.807, 2.05) is 18.2 Å². The highest BCUT2D eigenvalue weighted by atomic mass is 28.3. The lowest BCUT2D eigenvalue weighted by Crippen LogP contribution is -2.24. The van der Waals surface area contributed by atoms with E-state index in [9.17, 15) is 4.79 Å². The maximum absolute atomic E-state index is 12.6. The number of Topliss-reactive ketones (excluding diaryl/α,β-unsaturated/α-hetero) is 1. The Morgan fingerprint density at radius 2 is 2.02 bits per heavy atom. The minimum atomic E-state index is -1.16. The van der Waals surface area contributed by atoms with E-state index in [1.165, 1.54) is 0 Å². The number of anilines is 1. The Balaban J connectivity index is 1.34. The highest BCUT2D eigenvalue weighted by molar-refractivity contribution is 6.76. The van der Waals surface area contributed by atoms with E-state index in [4.69, 9.17) is 19.2 Å². The van der Waals surface area contributed by atoms with E-state index in [1.54, 1.807) is 12.3 Å². The van der Waals surface area contributed by atoms with Gasteiger partial charge in [0.05, 0.1) is 18.2 Å². The number of pyridine rings is 1. The molecule has 1 unspecified atom stereocenters. The molecule has 1 N–H and O–H groups in total. The van der Waals surface area contributed by atoms with Crippen molar-refractivity contribution >= 4 is 19.7 Å². The molecular weight excluding hydrogens is 532 g/mol. The summed E-state index contributed by atoms with van der Waals surface area (Å²) in [7, 11) is -1.16. The Morgan fingerprint density at radius 1 is 1.20 bits per heavy atom. The maximum Gasteiger partial charge on any atom is 0.172 e. The summed E-state index contributed by atoms with van der Waals surface area (Å²) in [5, 5.41) is 3.19. The Hall–Kier alpha value is -3.17. The van der Waals surface area contributed by atoms with Crippen molar-refractivity contribution in [3.63, 3.8) is 0 Å². The van der Waals surface area contributed by atoms with Crippen LogP contribution in [0.5, 0.6) is 17.2 Å². The molecule has 0 bridgehead atoms. The van der Waals surface area contributed by atoms with Crippen LogP contribution in [0.15, 0.2) is 36.7 Å². The van der Waals surface area contributed by atoms with Gasteiger partial charge in [-0.05, 0) is 54.5 Å². The lowest BCUT2D eigenvalue weighted by molar-refractivity contribution is 0.0830. The van der Waals surface area contributed by atoms with E-state index in [0.717, 1.165) is 54.7 Å². The SMILES string of the molecule is CC(C)(C)CCc1cn(COCC[Si](C)(C)C)c(C2COc3ccc(Oc4ccnc5c4C(=O)CCN5)cc3C2)n1. The van der Waals surface area contributed by atoms with Gasteiger partial charge in [0, 0.05) is 46.1 Å². The number of hydrogen-bond acceptors (Lipinski definition) is 7. The van der Waals surface area contributed by atoms with E-state index >= 15 is 0 Å². The van der Waals surface area contributed by atoms with Crippen LogP contribution >= 0.6 is 0 Å². The fraction of sp³-hybridized carbons (Fsp3) is 0.531. The molecule has 2 aromatic heterocycles. The average molecular weight is 577 g/mol. The number of fused-ring (bicyclic) bond motifs is 2. The quantitative estimate of drug-likeness (QED) is 0.204. The first kappa shape index (κ1) is 29.3. The Labute approximate surface area is 244 Å². The summed E-state index contributed by atoms with van der Waals surface area (Å²) in [6.45, 7) is 16.4. The summed E-state index contributed by atoms with van der Waals surface area (Å²) < 4.78 is 20.8. The molecule has 41 heavy (non-hydrogen) atoms. The number of benzene rings is 1. The molecule has 0 radical (unpaired) electrons. The van der Waals surface area contributed by atoms with Crippen LogP contribution in [0.3, 0.4) is 0 Å². The van der Waals surface area contributed by atoms with Crippen LogP contribution in [0.1, 0.15) is 67.0 Å². The molecule has 8 nitrogen and oxygen atoms in total. The number of carbonyl (C=O) groups excluding carboxylic acids is 1. The number of rotatable bonds is 10. The molecule has 1 aromatic carbocycles. The standard InChI is InChI=1S/C32H44N4O4Si/c1-32(2,3)12-9-24-19-36(21-38-15-16-41(4,5)6)31(35-24)23-17-22-18-25(7-8-27(22)39-20-23)40-28-11-14-34-30-29(28)26(37)10-13-33-30/h7-8,11,14,18-19,23H,9-10,12-13,15-17,20-21H2,1-6H3,(H,33,34). The zero-order valence-electron chi connectivity index (χ0n) is 25.4. The van der Waals surface area contributed by atoms with Crippen LogP contribution in [0.4, 0.5) is 5.82 Å². The summed E-state index contributed by atoms with van der Waals surface area (Å²) in [6.07, 6.45) is 7.06. The topological polar surface area (TPSA) is 87.5 Å². The smallest absolute Gasteiger partial charge is 0.172 e. The predicted molar refractivity (Wildman–Crippen MR) is 164 cm³/mol. The molecule has 220 valence electrons. The Morgan fingerprint density at radius 3 is 2.80 bits per heavy atom. The van der Waals surface area contributed by atoms with Crippen LogP contribution in [0, 0.1) is 5.41 Å². The second-order valence-corrected chi connectivity index (χ2v) is 19.3. The van der Waals surface area contributed by atoms with Crippen molar-refractivity contribution in [1.29, 1.82) is 0 Å². The van der Waals surface area contributed by atoms with Crippen molar-refractivity contribution in [1.82, 2.24) is 14.5 Å². The highest BCUT2D eigenvalue weighted by Crippen LogP contribution is 2.38. The molecule has 1 atom stereocenters. The number of carbonyl (C=O) groups is 1. The third-order valence-corrected chi connectivity index (χ3v) is 9.29. The van der Waals surface area contributed by atoms with Crippen LogP contribution < -0.4 is 14.8 Å². The molecule has 0 amide bonds. The zero-order chi connectivity index (χ0) is 29.2. The lowest BCUT2D eigenvalue weighted by atomic mass is 9.90. The number of ketones is 1. The number of imidazole rings is 1. The van der Waals surface area contributed by atoms with Crippen LogP contribution in [0.2, 0.25) is 25.7 Å². The molecule has 2 aliphatic rings. The normalized spacial score (nSPS) is 16.9.